The second-order valence-corrected chi connectivity index (χ2v) is 24.4. The van der Waals surface area contributed by atoms with Gasteiger partial charge in [-0.1, -0.05) is 0 Å². The molecule has 0 N–H and O–H groups in total. The summed E-state index contributed by atoms with van der Waals surface area (Å²) in [5.74, 6) is 0. The zero-order valence-corrected chi connectivity index (χ0v) is 19.1. The molecule has 2 saturated heterocycles. The molecule has 0 spiro atoms. The maximum atomic E-state index is 5.87. The SMILES string of the molecule is [CH3][Sn]([CH3])([CH3])[c]1ccc(N2CCN(CCOC3CCCCO3)CC2)s1. The van der Waals surface area contributed by atoms with Crippen molar-refractivity contribution in [2.24, 2.45) is 0 Å². The number of thiophene rings is 1. The van der Waals surface area contributed by atoms with Crippen molar-refractivity contribution in [2.45, 2.75) is 40.4 Å². The van der Waals surface area contributed by atoms with Crippen LogP contribution in [0.1, 0.15) is 19.3 Å². The molecular weight excluding hydrogens is 427 g/mol. The molecule has 1 aromatic rings. The van der Waals surface area contributed by atoms with Crippen molar-refractivity contribution in [3.63, 3.8) is 0 Å². The number of anilines is 1. The van der Waals surface area contributed by atoms with Gasteiger partial charge >= 0.3 is 136 Å². The van der Waals surface area contributed by atoms with Crippen molar-refractivity contribution in [1.29, 1.82) is 0 Å². The van der Waals surface area contributed by atoms with Crippen LogP contribution in [0.2, 0.25) is 14.8 Å². The molecule has 0 amide bonds. The monoisotopic (exact) mass is 460 g/mol. The van der Waals surface area contributed by atoms with Gasteiger partial charge in [0.05, 0.1) is 0 Å². The zero-order chi connectivity index (χ0) is 17.0. The molecule has 1 atom stereocenters. The summed E-state index contributed by atoms with van der Waals surface area (Å²) in [7, 11) is 0. The van der Waals surface area contributed by atoms with Crippen LogP contribution in [-0.4, -0.2) is 75.5 Å². The van der Waals surface area contributed by atoms with Crippen LogP contribution in [0, 0.1) is 0 Å². The predicted molar refractivity (Wildman–Crippen MR) is 105 cm³/mol. The van der Waals surface area contributed by atoms with Crippen molar-refractivity contribution < 1.29 is 9.47 Å². The van der Waals surface area contributed by atoms with E-state index in [9.17, 15) is 0 Å². The molecule has 0 radical (unpaired) electrons. The summed E-state index contributed by atoms with van der Waals surface area (Å²) in [6, 6.07) is 4.74. The molecule has 2 fully saturated rings. The van der Waals surface area contributed by atoms with E-state index >= 15 is 0 Å². The number of hydrogen-bond donors (Lipinski definition) is 0. The molecule has 1 aromatic heterocycles. The molecule has 3 heterocycles. The fourth-order valence-corrected chi connectivity index (χ4v) is 9.55. The predicted octanol–water partition coefficient (Wildman–Crippen LogP) is 2.96. The van der Waals surface area contributed by atoms with Crippen LogP contribution in [0.5, 0.6) is 0 Å². The Morgan fingerprint density at radius 2 is 1.96 bits per heavy atom. The van der Waals surface area contributed by atoms with E-state index in [-0.39, 0.29) is 6.29 Å². The first-order valence-electron chi connectivity index (χ1n) is 9.33. The molecule has 6 heteroatoms. The van der Waals surface area contributed by atoms with Crippen LogP contribution in [-0.2, 0) is 9.47 Å². The molecule has 0 bridgehead atoms. The molecule has 0 saturated carbocycles. The molecule has 3 rings (SSSR count). The Hall–Kier alpha value is 0.179. The molecule has 0 aliphatic carbocycles. The number of piperazine rings is 1. The van der Waals surface area contributed by atoms with Crippen LogP contribution in [0.4, 0.5) is 5.00 Å². The molecule has 0 aromatic carbocycles. The molecule has 1 unspecified atom stereocenters. The van der Waals surface area contributed by atoms with Gasteiger partial charge in [-0.2, -0.15) is 0 Å². The third-order valence-corrected chi connectivity index (χ3v) is 15.5. The van der Waals surface area contributed by atoms with Crippen LogP contribution < -0.4 is 7.79 Å². The van der Waals surface area contributed by atoms with Crippen molar-refractivity contribution in [3.8, 4) is 0 Å². The summed E-state index contributed by atoms with van der Waals surface area (Å²) < 4.78 is 13.2. The van der Waals surface area contributed by atoms with Crippen LogP contribution in [0.3, 0.4) is 0 Å². The molecule has 24 heavy (non-hydrogen) atoms. The van der Waals surface area contributed by atoms with Gasteiger partial charge in [-0.15, -0.1) is 0 Å². The molecule has 2 aliphatic rings. The Morgan fingerprint density at radius 3 is 2.58 bits per heavy atom. The Morgan fingerprint density at radius 1 is 1.17 bits per heavy atom. The Bertz CT molecular complexity index is 503. The van der Waals surface area contributed by atoms with E-state index in [1.165, 1.54) is 17.8 Å². The Balaban J connectivity index is 1.38. The van der Waals surface area contributed by atoms with Gasteiger partial charge in [-0.3, -0.25) is 0 Å². The topological polar surface area (TPSA) is 24.9 Å². The average molecular weight is 459 g/mol. The fourth-order valence-electron chi connectivity index (χ4n) is 3.25. The summed E-state index contributed by atoms with van der Waals surface area (Å²) in [6.07, 6.45) is 3.54. The van der Waals surface area contributed by atoms with E-state index in [0.29, 0.717) is 0 Å². The Labute approximate surface area is 155 Å². The van der Waals surface area contributed by atoms with Crippen LogP contribution >= 0.6 is 11.3 Å². The van der Waals surface area contributed by atoms with E-state index in [2.05, 4.69) is 36.8 Å². The molecule has 4 nitrogen and oxygen atoms in total. The van der Waals surface area contributed by atoms with E-state index in [4.69, 9.17) is 9.47 Å². The van der Waals surface area contributed by atoms with Gasteiger partial charge in [0.25, 0.3) is 0 Å². The van der Waals surface area contributed by atoms with Crippen molar-refractivity contribution in [1.82, 2.24) is 4.90 Å². The maximum absolute atomic E-state index is 5.87. The second-order valence-electron chi connectivity index (χ2n) is 7.88. The van der Waals surface area contributed by atoms with Gasteiger partial charge in [-0.05, 0) is 12.8 Å². The summed E-state index contributed by atoms with van der Waals surface area (Å²) in [4.78, 5) is 12.6. The van der Waals surface area contributed by atoms with Gasteiger partial charge in [-0.25, -0.2) is 0 Å². The number of nitrogens with zero attached hydrogens (tertiary/aromatic N) is 2. The van der Waals surface area contributed by atoms with Crippen molar-refractivity contribution in [2.75, 3.05) is 50.8 Å². The van der Waals surface area contributed by atoms with Crippen LogP contribution in [0.25, 0.3) is 0 Å². The van der Waals surface area contributed by atoms with Crippen LogP contribution in [0.15, 0.2) is 12.1 Å². The van der Waals surface area contributed by atoms with Gasteiger partial charge in [0.1, 0.15) is 0 Å². The van der Waals surface area contributed by atoms with Gasteiger partial charge in [0, 0.05) is 6.61 Å². The minimum absolute atomic E-state index is 0.0493. The Kier molecular flexibility index (Phi) is 6.88. The third-order valence-electron chi connectivity index (χ3n) is 4.86. The number of rotatable bonds is 6. The van der Waals surface area contributed by atoms with E-state index in [0.717, 1.165) is 52.4 Å². The normalized spacial score (nSPS) is 23.6. The summed E-state index contributed by atoms with van der Waals surface area (Å²) in [5.41, 5.74) is 0. The summed E-state index contributed by atoms with van der Waals surface area (Å²) >= 11 is 0.144. The standard InChI is InChI=1S/C15H23N2O2S.3CH3.Sn/c1-2-11-18-15(5-1)19-12-10-16-6-8-17(9-7-16)14-4-3-13-20-14;;;;/h3-4,15H,1-2,5-12H2;3*1H3;. The number of hydrogen-bond acceptors (Lipinski definition) is 5. The fraction of sp³-hybridized carbons (Fsp3) is 0.778. The third kappa shape index (κ3) is 5.34. The summed E-state index contributed by atoms with van der Waals surface area (Å²) in [5, 5.41) is 1.48. The zero-order valence-electron chi connectivity index (χ0n) is 15.4. The summed E-state index contributed by atoms with van der Waals surface area (Å²) in [6.45, 7) is 7.25. The van der Waals surface area contributed by atoms with E-state index in [1.807, 2.05) is 11.3 Å². The number of ether oxygens (including phenoxy) is 2. The minimum atomic E-state index is -1.90. The molecule has 2 aliphatic heterocycles. The molecular formula is C18H32N2O2SSn. The van der Waals surface area contributed by atoms with Crippen molar-refractivity contribution >= 4 is 37.6 Å². The van der Waals surface area contributed by atoms with Crippen molar-refractivity contribution in [3.05, 3.63) is 12.1 Å². The first-order chi connectivity index (χ1) is 11.5. The van der Waals surface area contributed by atoms with E-state index in [1.54, 1.807) is 2.89 Å². The van der Waals surface area contributed by atoms with Gasteiger partial charge in [0.2, 0.25) is 0 Å². The second kappa shape index (κ2) is 8.71. The molecule has 136 valence electrons. The van der Waals surface area contributed by atoms with Gasteiger partial charge < -0.3 is 0 Å². The average Bonchev–Trinajstić information content (AvgIpc) is 3.07. The first kappa shape index (κ1) is 19.0. The van der Waals surface area contributed by atoms with E-state index < -0.39 is 18.4 Å². The van der Waals surface area contributed by atoms with Gasteiger partial charge in [0.15, 0.2) is 0 Å². The quantitative estimate of drug-likeness (QED) is 0.612. The first-order valence-corrected chi connectivity index (χ1v) is 20.1.